The van der Waals surface area contributed by atoms with Gasteiger partial charge in [0.25, 0.3) is 0 Å². The predicted octanol–water partition coefficient (Wildman–Crippen LogP) is 4.73. The van der Waals surface area contributed by atoms with Crippen molar-refractivity contribution in [1.29, 1.82) is 0 Å². The first-order valence-corrected chi connectivity index (χ1v) is 5.56. The van der Waals surface area contributed by atoms with Crippen molar-refractivity contribution < 1.29 is 0 Å². The standard InChI is InChI=1S/C11H21Cl/c1-2-3-4-5-6-7-8-9-10-11-12/h11H,1-10H2. The van der Waals surface area contributed by atoms with E-state index in [1.807, 2.05) is 0 Å². The van der Waals surface area contributed by atoms with Crippen molar-refractivity contribution in [3.8, 4) is 0 Å². The molecule has 0 saturated heterocycles. The van der Waals surface area contributed by atoms with Gasteiger partial charge in [-0.2, -0.15) is 0 Å². The van der Waals surface area contributed by atoms with Gasteiger partial charge in [0.05, 0.1) is 0 Å². The van der Waals surface area contributed by atoms with Gasteiger partial charge in [-0.25, -0.2) is 0 Å². The third kappa shape index (κ3) is 10.3. The summed E-state index contributed by atoms with van der Waals surface area (Å²) in [6, 6.07) is 0. The fourth-order valence-electron chi connectivity index (χ4n) is 1.28. The fourth-order valence-corrected chi connectivity index (χ4v) is 1.44. The van der Waals surface area contributed by atoms with Crippen molar-refractivity contribution in [1.82, 2.24) is 0 Å². The molecule has 1 heteroatoms. The van der Waals surface area contributed by atoms with Crippen molar-refractivity contribution >= 4 is 11.6 Å². The largest absolute Gasteiger partial charge is 0.121 e. The summed E-state index contributed by atoms with van der Waals surface area (Å²) in [5, 5.41) is 0. The zero-order valence-corrected chi connectivity index (χ0v) is 8.78. The lowest BCUT2D eigenvalue weighted by Crippen LogP contribution is -1.80. The molecule has 0 aromatic heterocycles. The number of hydrogen-bond donors (Lipinski definition) is 0. The fraction of sp³-hybridized carbons (Fsp3) is 0.818. The molecule has 0 spiro atoms. The summed E-state index contributed by atoms with van der Waals surface area (Å²) in [6.07, 6.45) is 11.6. The molecule has 0 bridgehead atoms. The molecule has 0 rings (SSSR count). The molecule has 0 aromatic carbocycles. The van der Waals surface area contributed by atoms with Crippen LogP contribution in [0, 0.1) is 12.8 Å². The van der Waals surface area contributed by atoms with Crippen LogP contribution < -0.4 is 0 Å². The summed E-state index contributed by atoms with van der Waals surface area (Å²) in [6.45, 7) is 3.83. The van der Waals surface area contributed by atoms with E-state index in [0.717, 1.165) is 12.8 Å². The highest BCUT2D eigenvalue weighted by molar-refractivity contribution is 6.23. The minimum absolute atomic E-state index is 1.07. The van der Waals surface area contributed by atoms with Gasteiger partial charge >= 0.3 is 0 Å². The maximum Gasteiger partial charge on any atom is 0.0499 e. The van der Waals surface area contributed by atoms with E-state index in [4.69, 9.17) is 11.6 Å². The third-order valence-corrected chi connectivity index (χ3v) is 2.28. The minimum atomic E-state index is 1.07. The topological polar surface area (TPSA) is 0 Å². The summed E-state index contributed by atoms with van der Waals surface area (Å²) in [4.78, 5) is 0. The molecule has 12 heavy (non-hydrogen) atoms. The molecule has 72 valence electrons. The van der Waals surface area contributed by atoms with E-state index in [9.17, 15) is 0 Å². The van der Waals surface area contributed by atoms with Crippen LogP contribution in [0.4, 0.5) is 0 Å². The van der Waals surface area contributed by atoms with Gasteiger partial charge in [-0.3, -0.25) is 0 Å². The molecule has 0 N–H and O–H groups in total. The van der Waals surface area contributed by atoms with Gasteiger partial charge in [-0.1, -0.05) is 58.3 Å². The molecule has 0 aliphatic heterocycles. The summed E-state index contributed by atoms with van der Waals surface area (Å²) in [5.41, 5.74) is 0. The van der Waals surface area contributed by atoms with Crippen molar-refractivity contribution in [3.63, 3.8) is 0 Å². The second-order valence-corrected chi connectivity index (χ2v) is 3.58. The SMILES string of the molecule is [CH2]CCCCCCCCC[CH]Cl. The van der Waals surface area contributed by atoms with Gasteiger partial charge in [-0.05, 0) is 6.42 Å². The maximum absolute atomic E-state index is 5.45. The molecule has 0 atom stereocenters. The van der Waals surface area contributed by atoms with Crippen LogP contribution in [0.25, 0.3) is 0 Å². The van der Waals surface area contributed by atoms with Crippen LogP contribution in [-0.4, -0.2) is 0 Å². The minimum Gasteiger partial charge on any atom is -0.121 e. The number of hydrogen-bond acceptors (Lipinski definition) is 0. The van der Waals surface area contributed by atoms with E-state index in [1.54, 1.807) is 5.88 Å². The lowest BCUT2D eigenvalue weighted by molar-refractivity contribution is 0.582. The summed E-state index contributed by atoms with van der Waals surface area (Å²) in [7, 11) is 0. The summed E-state index contributed by atoms with van der Waals surface area (Å²) < 4.78 is 0. The van der Waals surface area contributed by atoms with Crippen molar-refractivity contribution in [3.05, 3.63) is 12.8 Å². The molecule has 0 unspecified atom stereocenters. The average molecular weight is 189 g/mol. The average Bonchev–Trinajstić information content (AvgIpc) is 2.10. The Kier molecular flexibility index (Phi) is 11.6. The van der Waals surface area contributed by atoms with Crippen LogP contribution in [0.3, 0.4) is 0 Å². The predicted molar refractivity (Wildman–Crippen MR) is 57.1 cm³/mol. The first-order valence-electron chi connectivity index (χ1n) is 5.13. The monoisotopic (exact) mass is 188 g/mol. The quantitative estimate of drug-likeness (QED) is 0.459. The molecule has 0 fully saturated rings. The van der Waals surface area contributed by atoms with Crippen molar-refractivity contribution in [2.24, 2.45) is 0 Å². The highest BCUT2D eigenvalue weighted by Gasteiger charge is 1.90. The molecule has 0 heterocycles. The van der Waals surface area contributed by atoms with E-state index in [1.165, 1.54) is 44.9 Å². The third-order valence-electron chi connectivity index (χ3n) is 2.06. The Bertz CT molecular complexity index is 61.4. The molecule has 0 aliphatic rings. The van der Waals surface area contributed by atoms with E-state index in [0.29, 0.717) is 0 Å². The zero-order chi connectivity index (χ0) is 9.07. The smallest absolute Gasteiger partial charge is 0.0499 e. The molecule has 0 aromatic rings. The maximum atomic E-state index is 5.45. The highest BCUT2D eigenvalue weighted by Crippen LogP contribution is 2.10. The second kappa shape index (κ2) is 11.3. The number of halogens is 1. The Balaban J connectivity index is 2.73. The first kappa shape index (κ1) is 12.3. The normalized spacial score (nSPS) is 10.5. The Hall–Kier alpha value is 0.290. The van der Waals surface area contributed by atoms with E-state index < -0.39 is 0 Å². The lowest BCUT2D eigenvalue weighted by atomic mass is 10.1. The van der Waals surface area contributed by atoms with Crippen LogP contribution in [0.5, 0.6) is 0 Å². The van der Waals surface area contributed by atoms with Crippen LogP contribution >= 0.6 is 11.6 Å². The Labute approximate surface area is 82.7 Å². The molecule has 0 nitrogen and oxygen atoms in total. The second-order valence-electron chi connectivity index (χ2n) is 3.27. The lowest BCUT2D eigenvalue weighted by Gasteiger charge is -1.99. The van der Waals surface area contributed by atoms with E-state index in [2.05, 4.69) is 6.92 Å². The van der Waals surface area contributed by atoms with Gasteiger partial charge in [0.2, 0.25) is 0 Å². The molecule has 0 amide bonds. The van der Waals surface area contributed by atoms with Crippen molar-refractivity contribution in [2.75, 3.05) is 0 Å². The molecule has 0 aliphatic carbocycles. The molecule has 0 saturated carbocycles. The van der Waals surface area contributed by atoms with Crippen LogP contribution in [-0.2, 0) is 0 Å². The van der Waals surface area contributed by atoms with Gasteiger partial charge in [0.15, 0.2) is 0 Å². The van der Waals surface area contributed by atoms with Gasteiger partial charge in [0, 0.05) is 5.88 Å². The Morgan fingerprint density at radius 2 is 1.33 bits per heavy atom. The van der Waals surface area contributed by atoms with Gasteiger partial charge < -0.3 is 0 Å². The van der Waals surface area contributed by atoms with Crippen LogP contribution in [0.2, 0.25) is 0 Å². The summed E-state index contributed by atoms with van der Waals surface area (Å²) >= 11 is 5.45. The first-order chi connectivity index (χ1) is 5.91. The van der Waals surface area contributed by atoms with Gasteiger partial charge in [0.1, 0.15) is 0 Å². The van der Waals surface area contributed by atoms with Crippen LogP contribution in [0.1, 0.15) is 57.8 Å². The number of unbranched alkanes of at least 4 members (excludes halogenated alkanes) is 8. The van der Waals surface area contributed by atoms with E-state index >= 15 is 0 Å². The molecular weight excluding hydrogens is 168 g/mol. The molecule has 2 radical (unpaired) electrons. The zero-order valence-electron chi connectivity index (χ0n) is 8.03. The number of rotatable bonds is 9. The Morgan fingerprint density at radius 1 is 0.833 bits per heavy atom. The van der Waals surface area contributed by atoms with E-state index in [-0.39, 0.29) is 0 Å². The summed E-state index contributed by atoms with van der Waals surface area (Å²) in [5.74, 6) is 1.74. The highest BCUT2D eigenvalue weighted by atomic mass is 35.5. The molecular formula is C11H21Cl. The van der Waals surface area contributed by atoms with Crippen LogP contribution in [0.15, 0.2) is 0 Å². The Morgan fingerprint density at radius 3 is 1.83 bits per heavy atom. The van der Waals surface area contributed by atoms with Gasteiger partial charge in [-0.15, -0.1) is 11.6 Å². The van der Waals surface area contributed by atoms with Crippen molar-refractivity contribution in [2.45, 2.75) is 57.8 Å².